The molecule has 0 amide bonds. The average Bonchev–Trinajstić information content (AvgIpc) is 2.01. The number of phenolic OH excluding ortho intramolecular Hbond substituents is 1. The van der Waals surface area contributed by atoms with Crippen LogP contribution in [-0.4, -0.2) is 24.4 Å². The van der Waals surface area contributed by atoms with E-state index in [1.807, 2.05) is 0 Å². The Kier molecular flexibility index (Phi) is 3.07. The van der Waals surface area contributed by atoms with Crippen molar-refractivity contribution >= 4 is 10.2 Å². The molecule has 0 saturated carbocycles. The minimum Gasteiger partial charge on any atom is -0.508 e. The van der Waals surface area contributed by atoms with E-state index in [0.29, 0.717) is 0 Å². The maximum atomic E-state index is 12.2. The Morgan fingerprint density at radius 1 is 1.43 bits per heavy atom. The Morgan fingerprint density at radius 3 is 2.57 bits per heavy atom. The van der Waals surface area contributed by atoms with Gasteiger partial charge in [0.1, 0.15) is 11.5 Å². The lowest BCUT2D eigenvalue weighted by molar-refractivity contribution is 0.200. The zero-order chi connectivity index (χ0) is 10.8. The van der Waals surface area contributed by atoms with Crippen molar-refractivity contribution < 1.29 is 22.5 Å². The third-order valence-corrected chi connectivity index (χ3v) is 2.33. The highest BCUT2D eigenvalue weighted by Gasteiger charge is 2.17. The second-order valence-corrected chi connectivity index (χ2v) is 4.23. The van der Waals surface area contributed by atoms with E-state index in [0.717, 1.165) is 0 Å². The predicted molar refractivity (Wildman–Crippen MR) is 48.0 cm³/mol. The summed E-state index contributed by atoms with van der Waals surface area (Å²) >= 11 is 0. The Morgan fingerprint density at radius 2 is 2.07 bits per heavy atom. The largest absolute Gasteiger partial charge is 0.508 e. The van der Waals surface area contributed by atoms with Crippen molar-refractivity contribution in [2.24, 2.45) is 0 Å². The third-order valence-electron chi connectivity index (χ3n) is 1.61. The minimum atomic E-state index is -4.72. The predicted octanol–water partition coefficient (Wildman–Crippen LogP) is 0.725. The van der Waals surface area contributed by atoms with Gasteiger partial charge in [-0.05, 0) is 17.7 Å². The molecule has 14 heavy (non-hydrogen) atoms. The molecule has 0 bridgehead atoms. The van der Waals surface area contributed by atoms with Crippen LogP contribution in [0.3, 0.4) is 0 Å². The summed E-state index contributed by atoms with van der Waals surface area (Å²) in [7, 11) is -4.72. The van der Waals surface area contributed by atoms with Gasteiger partial charge in [0.2, 0.25) is 0 Å². The molecule has 1 aromatic carbocycles. The summed E-state index contributed by atoms with van der Waals surface area (Å²) in [6.45, 7) is 0. The van der Waals surface area contributed by atoms with Crippen LogP contribution in [0.1, 0.15) is 11.7 Å². The average molecular weight is 220 g/mol. The molecule has 0 aliphatic rings. The first-order valence-electron chi connectivity index (χ1n) is 3.78. The van der Waals surface area contributed by atoms with Crippen molar-refractivity contribution in [2.45, 2.75) is 6.10 Å². The van der Waals surface area contributed by atoms with Crippen LogP contribution in [0.15, 0.2) is 24.3 Å². The molecule has 0 heterocycles. The number of aliphatic hydroxyl groups excluding tert-OH is 1. The van der Waals surface area contributed by atoms with E-state index in [-0.39, 0.29) is 11.3 Å². The van der Waals surface area contributed by atoms with E-state index in [2.05, 4.69) is 0 Å². The fourth-order valence-electron chi connectivity index (χ4n) is 1.02. The molecule has 78 valence electrons. The van der Waals surface area contributed by atoms with Crippen LogP contribution in [0.2, 0.25) is 0 Å². The molecule has 0 saturated heterocycles. The summed E-state index contributed by atoms with van der Waals surface area (Å²) in [5.74, 6) is -1.12. The summed E-state index contributed by atoms with van der Waals surface area (Å²) in [5.41, 5.74) is 0.159. The number of aromatic hydroxyl groups is 1. The van der Waals surface area contributed by atoms with Gasteiger partial charge in [-0.15, -0.1) is 3.89 Å². The molecule has 0 radical (unpaired) electrons. The van der Waals surface area contributed by atoms with Crippen LogP contribution in [0.4, 0.5) is 3.89 Å². The van der Waals surface area contributed by atoms with Crippen LogP contribution in [0, 0.1) is 0 Å². The molecule has 1 rings (SSSR count). The van der Waals surface area contributed by atoms with Gasteiger partial charge in [-0.25, -0.2) is 0 Å². The van der Waals surface area contributed by atoms with Gasteiger partial charge in [0, 0.05) is 0 Å². The van der Waals surface area contributed by atoms with Crippen LogP contribution >= 0.6 is 0 Å². The quantitative estimate of drug-likeness (QED) is 0.736. The van der Waals surface area contributed by atoms with Crippen molar-refractivity contribution in [2.75, 3.05) is 5.75 Å². The number of rotatable bonds is 3. The van der Waals surface area contributed by atoms with E-state index >= 15 is 0 Å². The van der Waals surface area contributed by atoms with Crippen molar-refractivity contribution in [3.63, 3.8) is 0 Å². The molecule has 2 N–H and O–H groups in total. The van der Waals surface area contributed by atoms with Crippen LogP contribution in [0.25, 0.3) is 0 Å². The van der Waals surface area contributed by atoms with E-state index in [4.69, 9.17) is 5.11 Å². The molecular formula is C8H9FO4S. The number of halogens is 1. The number of phenols is 1. The Balaban J connectivity index is 2.85. The molecule has 1 unspecified atom stereocenters. The second kappa shape index (κ2) is 3.93. The topological polar surface area (TPSA) is 74.6 Å². The Hall–Kier alpha value is -1.14. The van der Waals surface area contributed by atoms with Gasteiger partial charge >= 0.3 is 10.2 Å². The first kappa shape index (κ1) is 10.9. The number of benzene rings is 1. The highest BCUT2D eigenvalue weighted by Crippen LogP contribution is 2.19. The van der Waals surface area contributed by atoms with Gasteiger partial charge in [-0.1, -0.05) is 12.1 Å². The number of hydrogen-bond acceptors (Lipinski definition) is 4. The lowest BCUT2D eigenvalue weighted by Crippen LogP contribution is -2.09. The van der Waals surface area contributed by atoms with Gasteiger partial charge in [-0.3, -0.25) is 0 Å². The molecule has 1 atom stereocenters. The first-order chi connectivity index (χ1) is 6.38. The fourth-order valence-corrected chi connectivity index (χ4v) is 1.59. The summed E-state index contributed by atoms with van der Waals surface area (Å²) in [4.78, 5) is 0. The lowest BCUT2D eigenvalue weighted by atomic mass is 10.1. The van der Waals surface area contributed by atoms with Gasteiger partial charge in [0.25, 0.3) is 0 Å². The molecule has 0 spiro atoms. The second-order valence-electron chi connectivity index (χ2n) is 2.82. The molecule has 0 aromatic heterocycles. The lowest BCUT2D eigenvalue weighted by Gasteiger charge is -2.07. The minimum absolute atomic E-state index is 0.113. The number of aliphatic hydroxyl groups is 1. The summed E-state index contributed by atoms with van der Waals surface area (Å²) in [6, 6.07) is 5.37. The van der Waals surface area contributed by atoms with Crippen LogP contribution in [0.5, 0.6) is 5.75 Å². The molecule has 4 nitrogen and oxygen atoms in total. The third kappa shape index (κ3) is 3.31. The van der Waals surface area contributed by atoms with Gasteiger partial charge in [0.05, 0.1) is 6.10 Å². The standard InChI is InChI=1S/C8H9FO4S/c9-14(12,13)5-8(11)6-2-1-3-7(10)4-6/h1-4,8,10-11H,5H2. The number of hydrogen-bond donors (Lipinski definition) is 2. The van der Waals surface area contributed by atoms with Crippen molar-refractivity contribution in [3.05, 3.63) is 29.8 Å². The van der Waals surface area contributed by atoms with E-state index in [9.17, 15) is 17.4 Å². The van der Waals surface area contributed by atoms with Crippen molar-refractivity contribution in [1.82, 2.24) is 0 Å². The normalized spacial score (nSPS) is 13.9. The molecule has 0 fully saturated rings. The molecule has 1 aromatic rings. The van der Waals surface area contributed by atoms with Crippen LogP contribution < -0.4 is 0 Å². The zero-order valence-corrected chi connectivity index (χ0v) is 7.91. The Bertz CT molecular complexity index is 415. The van der Waals surface area contributed by atoms with Gasteiger partial charge in [-0.2, -0.15) is 8.42 Å². The van der Waals surface area contributed by atoms with Gasteiger partial charge in [0.15, 0.2) is 0 Å². The smallest absolute Gasteiger partial charge is 0.305 e. The van der Waals surface area contributed by atoms with Crippen LogP contribution in [-0.2, 0) is 10.2 Å². The molecule has 0 aliphatic heterocycles. The van der Waals surface area contributed by atoms with E-state index in [1.165, 1.54) is 24.3 Å². The monoisotopic (exact) mass is 220 g/mol. The maximum Gasteiger partial charge on any atom is 0.305 e. The highest BCUT2D eigenvalue weighted by molar-refractivity contribution is 7.86. The highest BCUT2D eigenvalue weighted by atomic mass is 32.3. The van der Waals surface area contributed by atoms with E-state index < -0.39 is 22.1 Å². The van der Waals surface area contributed by atoms with E-state index in [1.54, 1.807) is 0 Å². The summed E-state index contributed by atoms with van der Waals surface area (Å²) < 4.78 is 32.6. The summed E-state index contributed by atoms with van der Waals surface area (Å²) in [6.07, 6.45) is -1.46. The Labute approximate surface area is 80.8 Å². The fraction of sp³-hybridized carbons (Fsp3) is 0.250. The first-order valence-corrected chi connectivity index (χ1v) is 5.33. The molecule has 0 aliphatic carbocycles. The zero-order valence-electron chi connectivity index (χ0n) is 7.09. The maximum absolute atomic E-state index is 12.2. The molecular weight excluding hydrogens is 211 g/mol. The summed E-state index contributed by atoms with van der Waals surface area (Å²) in [5, 5.41) is 18.3. The SMILES string of the molecule is O=S(=O)(F)CC(O)c1cccc(O)c1. The van der Waals surface area contributed by atoms with Crippen molar-refractivity contribution in [3.8, 4) is 5.75 Å². The van der Waals surface area contributed by atoms with Crippen molar-refractivity contribution in [1.29, 1.82) is 0 Å². The van der Waals surface area contributed by atoms with Gasteiger partial charge < -0.3 is 10.2 Å². The molecule has 6 heteroatoms.